The van der Waals surface area contributed by atoms with Gasteiger partial charge in [-0.1, -0.05) is 30.3 Å². The monoisotopic (exact) mass is 404 g/mol. The minimum atomic E-state index is -0.719. The Balaban J connectivity index is 0.00000280. The molecule has 0 aromatic heterocycles. The fraction of sp³-hybridized carbons (Fsp3) is 0.263. The molecule has 2 aromatic carbocycles. The lowest BCUT2D eigenvalue weighted by Gasteiger charge is -2.36. The van der Waals surface area contributed by atoms with E-state index in [0.29, 0.717) is 31.7 Å². The van der Waals surface area contributed by atoms with Crippen LogP contribution in [-0.4, -0.2) is 52.7 Å². The molecule has 1 aliphatic heterocycles. The number of amides is 2. The Morgan fingerprint density at radius 3 is 2.00 bits per heavy atom. The molecule has 148 valence electrons. The number of hydrogen-bond acceptors (Lipinski definition) is 5. The predicted molar refractivity (Wildman–Crippen MR) is 106 cm³/mol. The van der Waals surface area contributed by atoms with E-state index in [1.54, 1.807) is 9.80 Å². The summed E-state index contributed by atoms with van der Waals surface area (Å²) in [6.45, 7) is 1.59. The summed E-state index contributed by atoms with van der Waals surface area (Å²) in [5.41, 5.74) is 7.15. The van der Waals surface area contributed by atoms with Crippen molar-refractivity contribution in [2.24, 2.45) is 5.73 Å². The van der Waals surface area contributed by atoms with Crippen LogP contribution in [0.5, 0.6) is 0 Å². The Labute approximate surface area is 168 Å². The van der Waals surface area contributed by atoms with Crippen molar-refractivity contribution < 1.29 is 14.5 Å². The van der Waals surface area contributed by atoms with Gasteiger partial charge in [-0.2, -0.15) is 0 Å². The van der Waals surface area contributed by atoms with E-state index in [1.807, 2.05) is 30.3 Å². The average Bonchev–Trinajstić information content (AvgIpc) is 2.73. The van der Waals surface area contributed by atoms with Gasteiger partial charge in [-0.05, 0) is 17.7 Å². The lowest BCUT2D eigenvalue weighted by molar-refractivity contribution is -0.384. The molecule has 0 bridgehead atoms. The highest BCUT2D eigenvalue weighted by Crippen LogP contribution is 2.17. The molecule has 1 aliphatic rings. The van der Waals surface area contributed by atoms with Gasteiger partial charge in [-0.15, -0.1) is 12.4 Å². The van der Waals surface area contributed by atoms with Crippen molar-refractivity contribution in [2.45, 2.75) is 6.04 Å². The van der Waals surface area contributed by atoms with Crippen LogP contribution in [0.25, 0.3) is 0 Å². The van der Waals surface area contributed by atoms with Gasteiger partial charge < -0.3 is 15.5 Å². The highest BCUT2D eigenvalue weighted by atomic mass is 35.5. The summed E-state index contributed by atoms with van der Waals surface area (Å²) in [5, 5.41) is 10.7. The maximum absolute atomic E-state index is 12.6. The molecular weight excluding hydrogens is 384 g/mol. The van der Waals surface area contributed by atoms with Crippen LogP contribution in [0.4, 0.5) is 5.69 Å². The minimum Gasteiger partial charge on any atom is -0.337 e. The lowest BCUT2D eigenvalue weighted by Crippen LogP contribution is -2.52. The Morgan fingerprint density at radius 1 is 0.929 bits per heavy atom. The number of rotatable bonds is 4. The number of carbonyl (C=O) groups excluding carboxylic acids is 2. The number of nitrogens with zero attached hydrogens (tertiary/aromatic N) is 3. The predicted octanol–water partition coefficient (Wildman–Crippen LogP) is 2.00. The molecule has 1 atom stereocenters. The molecule has 2 N–H and O–H groups in total. The molecule has 2 amide bonds. The summed E-state index contributed by atoms with van der Waals surface area (Å²) in [6, 6.07) is 14.0. The van der Waals surface area contributed by atoms with Crippen molar-refractivity contribution in [2.75, 3.05) is 26.2 Å². The highest BCUT2D eigenvalue weighted by molar-refractivity contribution is 5.94. The number of piperazine rings is 1. The first kappa shape index (κ1) is 21.3. The fourth-order valence-corrected chi connectivity index (χ4v) is 3.04. The average molecular weight is 405 g/mol. The zero-order valence-electron chi connectivity index (χ0n) is 15.1. The summed E-state index contributed by atoms with van der Waals surface area (Å²) in [6.07, 6.45) is 0. The molecule has 0 radical (unpaired) electrons. The van der Waals surface area contributed by atoms with Crippen molar-refractivity contribution in [1.29, 1.82) is 0 Å². The van der Waals surface area contributed by atoms with Gasteiger partial charge in [-0.3, -0.25) is 19.7 Å². The second kappa shape index (κ2) is 9.29. The highest BCUT2D eigenvalue weighted by Gasteiger charge is 2.28. The Morgan fingerprint density at radius 2 is 1.46 bits per heavy atom. The van der Waals surface area contributed by atoms with Gasteiger partial charge >= 0.3 is 0 Å². The number of benzene rings is 2. The van der Waals surface area contributed by atoms with E-state index in [0.717, 1.165) is 5.56 Å². The van der Waals surface area contributed by atoms with E-state index in [1.165, 1.54) is 24.3 Å². The van der Waals surface area contributed by atoms with Crippen LogP contribution in [0.3, 0.4) is 0 Å². The van der Waals surface area contributed by atoms with Crippen LogP contribution < -0.4 is 5.73 Å². The van der Waals surface area contributed by atoms with Gasteiger partial charge in [-0.25, -0.2) is 0 Å². The quantitative estimate of drug-likeness (QED) is 0.619. The molecule has 1 saturated heterocycles. The Kier molecular flexibility index (Phi) is 7.08. The molecule has 3 rings (SSSR count). The first-order valence-electron chi connectivity index (χ1n) is 8.60. The van der Waals surface area contributed by atoms with Gasteiger partial charge in [0.05, 0.1) is 4.92 Å². The molecule has 1 heterocycles. The number of halogens is 1. The largest absolute Gasteiger partial charge is 0.337 e. The van der Waals surface area contributed by atoms with Gasteiger partial charge in [0, 0.05) is 43.9 Å². The first-order chi connectivity index (χ1) is 13.0. The second-order valence-corrected chi connectivity index (χ2v) is 6.31. The fourth-order valence-electron chi connectivity index (χ4n) is 3.04. The molecule has 9 heteroatoms. The van der Waals surface area contributed by atoms with E-state index in [4.69, 9.17) is 5.73 Å². The number of nitro benzene ring substituents is 1. The summed E-state index contributed by atoms with van der Waals surface area (Å²) in [4.78, 5) is 38.6. The molecule has 0 saturated carbocycles. The summed E-state index contributed by atoms with van der Waals surface area (Å²) < 4.78 is 0. The van der Waals surface area contributed by atoms with E-state index in [-0.39, 0.29) is 29.9 Å². The second-order valence-electron chi connectivity index (χ2n) is 6.31. The first-order valence-corrected chi connectivity index (χ1v) is 8.60. The lowest BCUT2D eigenvalue weighted by atomic mass is 10.1. The van der Waals surface area contributed by atoms with E-state index in [9.17, 15) is 19.7 Å². The van der Waals surface area contributed by atoms with Crippen LogP contribution >= 0.6 is 12.4 Å². The number of nitro groups is 1. The zero-order chi connectivity index (χ0) is 19.4. The summed E-state index contributed by atoms with van der Waals surface area (Å²) in [7, 11) is 0. The number of hydrogen-bond donors (Lipinski definition) is 1. The normalized spacial score (nSPS) is 14.8. The van der Waals surface area contributed by atoms with Gasteiger partial charge in [0.1, 0.15) is 6.04 Å². The van der Waals surface area contributed by atoms with Crippen LogP contribution in [0.15, 0.2) is 54.6 Å². The van der Waals surface area contributed by atoms with Gasteiger partial charge in [0.2, 0.25) is 5.91 Å². The summed E-state index contributed by atoms with van der Waals surface area (Å²) >= 11 is 0. The van der Waals surface area contributed by atoms with Crippen LogP contribution in [0, 0.1) is 10.1 Å². The standard InChI is InChI=1S/C19H20N4O4.ClH/c20-17(14-4-2-1-3-5-14)19(25)22-12-10-21(11-13-22)18(24)15-6-8-16(9-7-15)23(26)27;/h1-9,17H,10-13,20H2;1H. The third-order valence-electron chi connectivity index (χ3n) is 4.63. The molecule has 2 aromatic rings. The number of nitrogens with two attached hydrogens (primary N) is 1. The van der Waals surface area contributed by atoms with Crippen LogP contribution in [-0.2, 0) is 4.79 Å². The summed E-state index contributed by atoms with van der Waals surface area (Å²) in [5.74, 6) is -0.368. The molecule has 1 fully saturated rings. The molecule has 28 heavy (non-hydrogen) atoms. The third kappa shape index (κ3) is 4.65. The molecule has 0 aliphatic carbocycles. The van der Waals surface area contributed by atoms with Crippen molar-refractivity contribution in [3.05, 3.63) is 75.8 Å². The SMILES string of the molecule is Cl.NC(C(=O)N1CCN(C(=O)c2ccc([N+](=O)[O-])cc2)CC1)c1ccccc1. The maximum Gasteiger partial charge on any atom is 0.269 e. The van der Waals surface area contributed by atoms with Crippen molar-refractivity contribution in [3.8, 4) is 0 Å². The van der Waals surface area contributed by atoms with Crippen molar-refractivity contribution >= 4 is 29.9 Å². The van der Waals surface area contributed by atoms with Crippen LogP contribution in [0.2, 0.25) is 0 Å². The van der Waals surface area contributed by atoms with Crippen LogP contribution in [0.1, 0.15) is 22.0 Å². The van der Waals surface area contributed by atoms with Gasteiger partial charge in [0.15, 0.2) is 0 Å². The molecule has 8 nitrogen and oxygen atoms in total. The van der Waals surface area contributed by atoms with E-state index < -0.39 is 11.0 Å². The van der Waals surface area contributed by atoms with E-state index >= 15 is 0 Å². The number of non-ortho nitro benzene ring substituents is 1. The minimum absolute atomic E-state index is 0. The zero-order valence-corrected chi connectivity index (χ0v) is 15.9. The molecule has 0 spiro atoms. The topological polar surface area (TPSA) is 110 Å². The maximum atomic E-state index is 12.6. The van der Waals surface area contributed by atoms with E-state index in [2.05, 4.69) is 0 Å². The number of carbonyl (C=O) groups is 2. The Hall–Kier alpha value is -2.97. The van der Waals surface area contributed by atoms with Crippen molar-refractivity contribution in [1.82, 2.24) is 9.80 Å². The molecule has 1 unspecified atom stereocenters. The Bertz CT molecular complexity index is 837. The smallest absolute Gasteiger partial charge is 0.269 e. The van der Waals surface area contributed by atoms with Gasteiger partial charge in [0.25, 0.3) is 11.6 Å². The van der Waals surface area contributed by atoms with Crippen molar-refractivity contribution in [3.63, 3.8) is 0 Å². The third-order valence-corrected chi connectivity index (χ3v) is 4.63. The molecular formula is C19H21ClN4O4.